The lowest BCUT2D eigenvalue weighted by atomic mass is 10.2. The van der Waals surface area contributed by atoms with Crippen LogP contribution in [0.1, 0.15) is 11.9 Å². The normalized spacial score (nSPS) is 26.4. The van der Waals surface area contributed by atoms with Crippen LogP contribution in [0.5, 0.6) is 0 Å². The van der Waals surface area contributed by atoms with E-state index in [2.05, 4.69) is 13.2 Å². The summed E-state index contributed by atoms with van der Waals surface area (Å²) in [6, 6.07) is 9.86. The number of hydrogen-bond acceptors (Lipinski definition) is 2. The van der Waals surface area contributed by atoms with Crippen molar-refractivity contribution >= 4 is 0 Å². The molecule has 1 saturated heterocycles. The van der Waals surface area contributed by atoms with Gasteiger partial charge in [0.15, 0.2) is 6.29 Å². The Balaban J connectivity index is 2.15. The van der Waals surface area contributed by atoms with E-state index in [1.54, 1.807) is 12.2 Å². The van der Waals surface area contributed by atoms with Crippen molar-refractivity contribution in [2.24, 2.45) is 0 Å². The number of rotatable bonds is 3. The Morgan fingerprint density at radius 2 is 1.47 bits per heavy atom. The Morgan fingerprint density at radius 1 is 0.933 bits per heavy atom. The minimum Gasteiger partial charge on any atom is -0.338 e. The highest BCUT2D eigenvalue weighted by atomic mass is 16.7. The number of benzene rings is 1. The van der Waals surface area contributed by atoms with E-state index >= 15 is 0 Å². The van der Waals surface area contributed by atoms with Crippen molar-refractivity contribution < 1.29 is 9.47 Å². The van der Waals surface area contributed by atoms with Gasteiger partial charge in [0.1, 0.15) is 12.2 Å². The molecule has 0 spiro atoms. The zero-order valence-corrected chi connectivity index (χ0v) is 8.50. The number of hydrogen-bond donors (Lipinski definition) is 0. The molecule has 0 unspecified atom stereocenters. The summed E-state index contributed by atoms with van der Waals surface area (Å²) in [6.07, 6.45) is 2.97. The van der Waals surface area contributed by atoms with Gasteiger partial charge in [-0.25, -0.2) is 0 Å². The van der Waals surface area contributed by atoms with Gasteiger partial charge in [0.25, 0.3) is 0 Å². The average molecular weight is 202 g/mol. The Hall–Kier alpha value is -1.38. The fourth-order valence-corrected chi connectivity index (χ4v) is 1.62. The molecule has 1 aromatic carbocycles. The van der Waals surface area contributed by atoms with E-state index in [4.69, 9.17) is 9.47 Å². The van der Waals surface area contributed by atoms with Gasteiger partial charge in [-0.3, -0.25) is 0 Å². The van der Waals surface area contributed by atoms with Crippen LogP contribution in [0.3, 0.4) is 0 Å². The van der Waals surface area contributed by atoms with Crippen LogP contribution in [0.4, 0.5) is 0 Å². The van der Waals surface area contributed by atoms with Gasteiger partial charge in [-0.2, -0.15) is 0 Å². The highest BCUT2D eigenvalue weighted by Gasteiger charge is 2.32. The monoisotopic (exact) mass is 202 g/mol. The van der Waals surface area contributed by atoms with Crippen molar-refractivity contribution in [3.8, 4) is 0 Å². The Bertz CT molecular complexity index is 329. The van der Waals surface area contributed by atoms with Gasteiger partial charge in [0.05, 0.1) is 0 Å². The zero-order chi connectivity index (χ0) is 10.7. The molecule has 1 aliphatic heterocycles. The van der Waals surface area contributed by atoms with Gasteiger partial charge in [-0.05, 0) is 0 Å². The molecule has 0 aliphatic carbocycles. The summed E-state index contributed by atoms with van der Waals surface area (Å²) in [5, 5.41) is 0. The molecular formula is C13H14O2. The molecule has 2 nitrogen and oxygen atoms in total. The molecule has 0 saturated carbocycles. The first-order chi connectivity index (χ1) is 7.35. The Morgan fingerprint density at radius 3 is 1.93 bits per heavy atom. The molecule has 2 rings (SSSR count). The van der Waals surface area contributed by atoms with Gasteiger partial charge < -0.3 is 9.47 Å². The summed E-state index contributed by atoms with van der Waals surface area (Å²) < 4.78 is 11.4. The standard InChI is InChI=1S/C13H14O2/c1-3-11-12(4-2)15-13(14-11)10-8-6-5-7-9-10/h3-9,11-13H,1-2H2/t11-,12-/m1/s1. The summed E-state index contributed by atoms with van der Waals surface area (Å²) in [4.78, 5) is 0. The fraction of sp³-hybridized carbons (Fsp3) is 0.231. The van der Waals surface area contributed by atoms with E-state index in [-0.39, 0.29) is 18.5 Å². The third-order valence-corrected chi connectivity index (χ3v) is 2.42. The van der Waals surface area contributed by atoms with Gasteiger partial charge in [-0.15, -0.1) is 13.2 Å². The largest absolute Gasteiger partial charge is 0.338 e. The molecule has 0 radical (unpaired) electrons. The Kier molecular flexibility index (Phi) is 2.99. The van der Waals surface area contributed by atoms with Crippen LogP contribution in [0.15, 0.2) is 55.6 Å². The summed E-state index contributed by atoms with van der Waals surface area (Å²) in [7, 11) is 0. The summed E-state index contributed by atoms with van der Waals surface area (Å²) in [5.41, 5.74) is 1.02. The van der Waals surface area contributed by atoms with Crippen molar-refractivity contribution in [3.05, 3.63) is 61.2 Å². The van der Waals surface area contributed by atoms with Crippen molar-refractivity contribution in [2.45, 2.75) is 18.5 Å². The average Bonchev–Trinajstić information content (AvgIpc) is 2.73. The van der Waals surface area contributed by atoms with Crippen LogP contribution < -0.4 is 0 Å². The topological polar surface area (TPSA) is 18.5 Å². The zero-order valence-electron chi connectivity index (χ0n) is 8.50. The molecule has 0 bridgehead atoms. The van der Waals surface area contributed by atoms with Gasteiger partial charge in [-0.1, -0.05) is 42.5 Å². The van der Waals surface area contributed by atoms with E-state index in [0.29, 0.717) is 0 Å². The molecular weight excluding hydrogens is 188 g/mol. The molecule has 78 valence electrons. The fourth-order valence-electron chi connectivity index (χ4n) is 1.62. The van der Waals surface area contributed by atoms with Crippen LogP contribution in [0.2, 0.25) is 0 Å². The molecule has 1 heterocycles. The first-order valence-corrected chi connectivity index (χ1v) is 4.96. The predicted molar refractivity (Wildman–Crippen MR) is 59.3 cm³/mol. The van der Waals surface area contributed by atoms with Crippen molar-refractivity contribution in [2.75, 3.05) is 0 Å². The molecule has 15 heavy (non-hydrogen) atoms. The SMILES string of the molecule is C=C[C@H]1OC(c2ccccc2)O[C@@H]1C=C. The maximum absolute atomic E-state index is 5.69. The minimum atomic E-state index is -0.308. The second kappa shape index (κ2) is 4.43. The van der Waals surface area contributed by atoms with Crippen LogP contribution >= 0.6 is 0 Å². The Labute approximate surface area is 89.8 Å². The first kappa shape index (κ1) is 10.1. The third kappa shape index (κ3) is 2.01. The maximum Gasteiger partial charge on any atom is 0.185 e. The van der Waals surface area contributed by atoms with Crippen LogP contribution in [-0.2, 0) is 9.47 Å². The molecule has 2 heteroatoms. The van der Waals surface area contributed by atoms with Gasteiger partial charge in [0, 0.05) is 5.56 Å². The lowest BCUT2D eigenvalue weighted by Gasteiger charge is -2.09. The third-order valence-electron chi connectivity index (χ3n) is 2.42. The maximum atomic E-state index is 5.69. The van der Waals surface area contributed by atoms with E-state index < -0.39 is 0 Å². The molecule has 1 fully saturated rings. The lowest BCUT2D eigenvalue weighted by Crippen LogP contribution is -2.16. The molecule has 1 aliphatic rings. The first-order valence-electron chi connectivity index (χ1n) is 4.96. The summed E-state index contributed by atoms with van der Waals surface area (Å²) in [5.74, 6) is 0. The highest BCUT2D eigenvalue weighted by Crippen LogP contribution is 2.31. The van der Waals surface area contributed by atoms with Gasteiger partial charge in [0.2, 0.25) is 0 Å². The molecule has 2 atom stereocenters. The quantitative estimate of drug-likeness (QED) is 0.702. The van der Waals surface area contributed by atoms with Crippen LogP contribution in [0.25, 0.3) is 0 Å². The summed E-state index contributed by atoms with van der Waals surface area (Å²) in [6.45, 7) is 7.43. The van der Waals surface area contributed by atoms with E-state index in [0.717, 1.165) is 5.56 Å². The predicted octanol–water partition coefficient (Wildman–Crippen LogP) is 2.84. The second-order valence-corrected chi connectivity index (χ2v) is 3.42. The van der Waals surface area contributed by atoms with Crippen LogP contribution in [-0.4, -0.2) is 12.2 Å². The summed E-state index contributed by atoms with van der Waals surface area (Å²) >= 11 is 0. The highest BCUT2D eigenvalue weighted by molar-refractivity contribution is 5.17. The minimum absolute atomic E-state index is 0.104. The van der Waals surface area contributed by atoms with E-state index in [1.165, 1.54) is 0 Å². The molecule has 0 N–H and O–H groups in total. The molecule has 0 amide bonds. The van der Waals surface area contributed by atoms with Crippen molar-refractivity contribution in [1.82, 2.24) is 0 Å². The second-order valence-electron chi connectivity index (χ2n) is 3.42. The molecule has 0 aromatic heterocycles. The van der Waals surface area contributed by atoms with Crippen molar-refractivity contribution in [1.29, 1.82) is 0 Å². The van der Waals surface area contributed by atoms with E-state index in [1.807, 2.05) is 30.3 Å². The van der Waals surface area contributed by atoms with Crippen LogP contribution in [0, 0.1) is 0 Å². The van der Waals surface area contributed by atoms with Crippen molar-refractivity contribution in [3.63, 3.8) is 0 Å². The number of ether oxygens (including phenoxy) is 2. The smallest absolute Gasteiger partial charge is 0.185 e. The molecule has 1 aromatic rings. The van der Waals surface area contributed by atoms with E-state index in [9.17, 15) is 0 Å². The van der Waals surface area contributed by atoms with Gasteiger partial charge >= 0.3 is 0 Å². The lowest BCUT2D eigenvalue weighted by molar-refractivity contribution is -0.0598.